The number of hydrogen-bond donors (Lipinski definition) is 1. The van der Waals surface area contributed by atoms with Gasteiger partial charge in [-0.15, -0.1) is 0 Å². The molecule has 0 saturated carbocycles. The van der Waals surface area contributed by atoms with Crippen molar-refractivity contribution in [3.05, 3.63) is 17.5 Å². The lowest BCUT2D eigenvalue weighted by molar-refractivity contribution is 0.108. The molecule has 1 aliphatic rings. The fourth-order valence-corrected chi connectivity index (χ4v) is 2.16. The molecule has 2 unspecified atom stereocenters. The van der Waals surface area contributed by atoms with E-state index >= 15 is 0 Å². The third kappa shape index (κ3) is 2.44. The molecule has 0 aromatic carbocycles. The summed E-state index contributed by atoms with van der Waals surface area (Å²) in [5.74, 6) is 0. The van der Waals surface area contributed by atoms with Gasteiger partial charge in [-0.2, -0.15) is 5.10 Å². The van der Waals surface area contributed by atoms with Crippen LogP contribution in [-0.2, 0) is 11.8 Å². The zero-order chi connectivity index (χ0) is 11.5. The number of ether oxygens (including phenoxy) is 1. The number of aromatic nitrogens is 2. The summed E-state index contributed by atoms with van der Waals surface area (Å²) in [7, 11) is 1.98. The van der Waals surface area contributed by atoms with E-state index in [1.807, 2.05) is 17.9 Å². The van der Waals surface area contributed by atoms with Crippen molar-refractivity contribution in [3.8, 4) is 0 Å². The number of hydrogen-bond acceptors (Lipinski definition) is 3. The van der Waals surface area contributed by atoms with Gasteiger partial charge in [0.15, 0.2) is 0 Å². The van der Waals surface area contributed by atoms with E-state index in [0.717, 1.165) is 13.2 Å². The molecule has 0 radical (unpaired) electrons. The molecule has 0 aliphatic carbocycles. The predicted molar refractivity (Wildman–Crippen MR) is 63.3 cm³/mol. The Bertz CT molecular complexity index is 342. The Balaban J connectivity index is 1.87. The Labute approximate surface area is 97.0 Å². The molecule has 4 nitrogen and oxygen atoms in total. The summed E-state index contributed by atoms with van der Waals surface area (Å²) in [5, 5.41) is 7.78. The first-order valence-electron chi connectivity index (χ1n) is 6.02. The van der Waals surface area contributed by atoms with E-state index in [1.54, 1.807) is 0 Å². The Morgan fingerprint density at radius 2 is 2.50 bits per heavy atom. The highest BCUT2D eigenvalue weighted by Gasteiger charge is 2.17. The lowest BCUT2D eigenvalue weighted by Crippen LogP contribution is -2.28. The minimum atomic E-state index is 0.345. The second-order valence-electron chi connectivity index (χ2n) is 4.57. The van der Waals surface area contributed by atoms with Crippen molar-refractivity contribution in [2.45, 2.75) is 38.8 Å². The first-order valence-corrected chi connectivity index (χ1v) is 6.02. The fraction of sp³-hybridized carbons (Fsp3) is 0.750. The molecule has 1 fully saturated rings. The monoisotopic (exact) mass is 223 g/mol. The summed E-state index contributed by atoms with van der Waals surface area (Å²) >= 11 is 0. The van der Waals surface area contributed by atoms with E-state index in [-0.39, 0.29) is 0 Å². The zero-order valence-corrected chi connectivity index (χ0v) is 10.4. The predicted octanol–water partition coefficient (Wildman–Crippen LogP) is 1.56. The first-order chi connectivity index (χ1) is 7.68. The highest BCUT2D eigenvalue weighted by atomic mass is 16.5. The van der Waals surface area contributed by atoms with Gasteiger partial charge in [-0.1, -0.05) is 0 Å². The molecule has 90 valence electrons. The summed E-state index contributed by atoms with van der Waals surface area (Å²) in [4.78, 5) is 0. The van der Waals surface area contributed by atoms with Gasteiger partial charge in [0.25, 0.3) is 0 Å². The van der Waals surface area contributed by atoms with Crippen molar-refractivity contribution in [2.24, 2.45) is 7.05 Å². The number of rotatable bonds is 4. The molecular formula is C12H21N3O. The van der Waals surface area contributed by atoms with E-state index in [0.29, 0.717) is 12.1 Å². The van der Waals surface area contributed by atoms with Gasteiger partial charge in [0.1, 0.15) is 0 Å². The molecule has 0 spiro atoms. The summed E-state index contributed by atoms with van der Waals surface area (Å²) in [5.41, 5.74) is 2.51. The second-order valence-corrected chi connectivity index (χ2v) is 4.57. The van der Waals surface area contributed by atoms with Gasteiger partial charge in [0, 0.05) is 37.5 Å². The quantitative estimate of drug-likeness (QED) is 0.842. The van der Waals surface area contributed by atoms with Crippen LogP contribution in [0.4, 0.5) is 0 Å². The summed E-state index contributed by atoms with van der Waals surface area (Å²) in [6.45, 7) is 6.15. The van der Waals surface area contributed by atoms with E-state index < -0.39 is 0 Å². The molecule has 0 bridgehead atoms. The Morgan fingerprint density at radius 1 is 1.69 bits per heavy atom. The van der Waals surface area contributed by atoms with Gasteiger partial charge in [0.05, 0.1) is 12.3 Å². The third-order valence-electron chi connectivity index (χ3n) is 3.42. The highest BCUT2D eigenvalue weighted by molar-refractivity contribution is 5.19. The van der Waals surface area contributed by atoms with Gasteiger partial charge < -0.3 is 10.1 Å². The smallest absolute Gasteiger partial charge is 0.0700 e. The van der Waals surface area contributed by atoms with E-state index in [2.05, 4.69) is 24.3 Å². The van der Waals surface area contributed by atoms with Gasteiger partial charge in [-0.3, -0.25) is 4.68 Å². The standard InChI is InChI=1S/C12H21N3O/c1-9(12-8-14-15(3)10(12)2)13-7-11-5-4-6-16-11/h8-9,11,13H,4-7H2,1-3H3. The van der Waals surface area contributed by atoms with Crippen LogP contribution in [-0.4, -0.2) is 29.0 Å². The largest absolute Gasteiger partial charge is 0.377 e. The topological polar surface area (TPSA) is 39.1 Å². The Hall–Kier alpha value is -0.870. The fourth-order valence-electron chi connectivity index (χ4n) is 2.16. The lowest BCUT2D eigenvalue weighted by Gasteiger charge is -2.16. The maximum absolute atomic E-state index is 5.59. The third-order valence-corrected chi connectivity index (χ3v) is 3.42. The molecule has 1 saturated heterocycles. The maximum Gasteiger partial charge on any atom is 0.0700 e. The van der Waals surface area contributed by atoms with Crippen molar-refractivity contribution in [3.63, 3.8) is 0 Å². The van der Waals surface area contributed by atoms with Crippen LogP contribution < -0.4 is 5.32 Å². The van der Waals surface area contributed by atoms with Crippen LogP contribution in [0, 0.1) is 6.92 Å². The first kappa shape index (κ1) is 11.6. The highest BCUT2D eigenvalue weighted by Crippen LogP contribution is 2.17. The number of nitrogens with zero attached hydrogens (tertiary/aromatic N) is 2. The van der Waals surface area contributed by atoms with E-state index in [4.69, 9.17) is 4.74 Å². The van der Waals surface area contributed by atoms with Crippen molar-refractivity contribution in [1.82, 2.24) is 15.1 Å². The minimum absolute atomic E-state index is 0.345. The van der Waals surface area contributed by atoms with Gasteiger partial charge >= 0.3 is 0 Å². The number of nitrogens with one attached hydrogen (secondary N) is 1. The normalized spacial score (nSPS) is 22.6. The Kier molecular flexibility index (Phi) is 3.61. The second kappa shape index (κ2) is 4.97. The van der Waals surface area contributed by atoms with Gasteiger partial charge in [-0.05, 0) is 26.7 Å². The maximum atomic E-state index is 5.59. The SMILES string of the molecule is Cc1c(C(C)NCC2CCCO2)cnn1C. The molecular weight excluding hydrogens is 202 g/mol. The van der Waals surface area contributed by atoms with Crippen molar-refractivity contribution >= 4 is 0 Å². The van der Waals surface area contributed by atoms with Crippen molar-refractivity contribution in [1.29, 1.82) is 0 Å². The average Bonchev–Trinajstić information content (AvgIpc) is 2.88. The molecule has 1 aliphatic heterocycles. The van der Waals surface area contributed by atoms with Crippen molar-refractivity contribution in [2.75, 3.05) is 13.2 Å². The number of aryl methyl sites for hydroxylation is 1. The van der Waals surface area contributed by atoms with E-state index in [9.17, 15) is 0 Å². The van der Waals surface area contributed by atoms with Crippen LogP contribution >= 0.6 is 0 Å². The van der Waals surface area contributed by atoms with Gasteiger partial charge in [-0.25, -0.2) is 0 Å². The molecule has 4 heteroatoms. The molecule has 2 rings (SSSR count). The average molecular weight is 223 g/mol. The molecule has 2 heterocycles. The zero-order valence-electron chi connectivity index (χ0n) is 10.4. The van der Waals surface area contributed by atoms with Crippen LogP contribution in [0.1, 0.15) is 37.1 Å². The van der Waals surface area contributed by atoms with Crippen LogP contribution in [0.15, 0.2) is 6.20 Å². The molecule has 0 amide bonds. The summed E-state index contributed by atoms with van der Waals surface area (Å²) < 4.78 is 7.51. The van der Waals surface area contributed by atoms with Crippen LogP contribution in [0.5, 0.6) is 0 Å². The molecule has 1 N–H and O–H groups in total. The Morgan fingerprint density at radius 3 is 3.06 bits per heavy atom. The van der Waals surface area contributed by atoms with Crippen LogP contribution in [0.2, 0.25) is 0 Å². The molecule has 2 atom stereocenters. The summed E-state index contributed by atoms with van der Waals surface area (Å²) in [6, 6.07) is 0.345. The van der Waals surface area contributed by atoms with Crippen molar-refractivity contribution < 1.29 is 4.74 Å². The van der Waals surface area contributed by atoms with Gasteiger partial charge in [0.2, 0.25) is 0 Å². The molecule has 1 aromatic rings. The molecule has 1 aromatic heterocycles. The lowest BCUT2D eigenvalue weighted by atomic mass is 10.1. The van der Waals surface area contributed by atoms with Crippen LogP contribution in [0.3, 0.4) is 0 Å². The minimum Gasteiger partial charge on any atom is -0.377 e. The van der Waals surface area contributed by atoms with E-state index in [1.165, 1.54) is 24.1 Å². The summed E-state index contributed by atoms with van der Waals surface area (Å²) in [6.07, 6.45) is 4.74. The van der Waals surface area contributed by atoms with Crippen LogP contribution in [0.25, 0.3) is 0 Å². The molecule has 16 heavy (non-hydrogen) atoms.